The average Bonchev–Trinajstić information content (AvgIpc) is 2.59. The van der Waals surface area contributed by atoms with E-state index in [2.05, 4.69) is 4.74 Å². The van der Waals surface area contributed by atoms with E-state index >= 15 is 0 Å². The van der Waals surface area contributed by atoms with Crippen LogP contribution in [0.5, 0.6) is 0 Å². The fourth-order valence-electron chi connectivity index (χ4n) is 1.94. The Labute approximate surface area is 144 Å². The van der Waals surface area contributed by atoms with Crippen molar-refractivity contribution in [2.24, 2.45) is 0 Å². The normalized spacial score (nSPS) is 11.3. The Morgan fingerprint density at radius 2 is 1.38 bits per heavy atom. The molecule has 0 aliphatic rings. The number of nitrogens with zero attached hydrogens (tertiary/aromatic N) is 1. The van der Waals surface area contributed by atoms with Gasteiger partial charge in [0, 0.05) is 0 Å². The first-order valence-electron chi connectivity index (χ1n) is 6.78. The Bertz CT molecular complexity index is 921. The Morgan fingerprint density at radius 3 is 1.85 bits per heavy atom. The second-order valence-electron chi connectivity index (χ2n) is 4.99. The molecule has 2 rings (SSSR count). The molecule has 2 aromatic carbocycles. The summed E-state index contributed by atoms with van der Waals surface area (Å²) in [6.45, 7) is -0.499. The number of anilines is 1. The van der Waals surface area contributed by atoms with Crippen molar-refractivity contribution in [3.63, 3.8) is 0 Å². The van der Waals surface area contributed by atoms with Crippen molar-refractivity contribution >= 4 is 21.8 Å². The van der Waals surface area contributed by atoms with Gasteiger partial charge in [0.2, 0.25) is 15.8 Å². The van der Waals surface area contributed by atoms with Crippen LogP contribution in [0.25, 0.3) is 0 Å². The number of hydrogen-bond donors (Lipinski definition) is 0. The van der Waals surface area contributed by atoms with Crippen molar-refractivity contribution in [2.75, 3.05) is 10.6 Å². The molecule has 0 saturated carbocycles. The molecule has 5 nitrogen and oxygen atoms in total. The Balaban J connectivity index is 2.49. The highest BCUT2D eigenvalue weighted by molar-refractivity contribution is 7.92. The van der Waals surface area contributed by atoms with Crippen LogP contribution >= 0.6 is 0 Å². The number of benzene rings is 2. The number of ether oxygens (including phenoxy) is 1. The summed E-state index contributed by atoms with van der Waals surface area (Å²) in [7, 11) is -4.79. The van der Waals surface area contributed by atoms with Crippen molar-refractivity contribution < 1.29 is 39.9 Å². The summed E-state index contributed by atoms with van der Waals surface area (Å²) in [6, 6.07) is 7.78. The molecule has 0 N–H and O–H groups in total. The zero-order valence-electron chi connectivity index (χ0n) is 13.0. The van der Waals surface area contributed by atoms with Gasteiger partial charge in [-0.15, -0.1) is 0 Å². The van der Waals surface area contributed by atoms with Crippen LogP contribution in [0, 0.1) is 29.1 Å². The van der Waals surface area contributed by atoms with E-state index in [9.17, 15) is 35.2 Å². The van der Waals surface area contributed by atoms with Crippen LogP contribution in [0.2, 0.25) is 0 Å². The van der Waals surface area contributed by atoms with E-state index in [-0.39, 0.29) is 0 Å². The third-order valence-corrected chi connectivity index (χ3v) is 4.09. The van der Waals surface area contributed by atoms with Crippen LogP contribution in [0.4, 0.5) is 32.4 Å². The van der Waals surface area contributed by atoms with Gasteiger partial charge in [-0.2, -0.15) is 4.31 Å². The molecule has 2 aromatic rings. The predicted octanol–water partition coefficient (Wildman–Crippen LogP) is 3.48. The molecule has 0 atom stereocenters. The molecular weight excluding hydrogens is 385 g/mol. The highest BCUT2D eigenvalue weighted by Gasteiger charge is 2.37. The fraction of sp³-hybridized carbons (Fsp3) is 0.133. The highest BCUT2D eigenvalue weighted by Crippen LogP contribution is 2.32. The lowest BCUT2D eigenvalue weighted by Gasteiger charge is -2.21. The maximum atomic E-state index is 13.9. The molecule has 0 radical (unpaired) electrons. The minimum Gasteiger partial charge on any atom is -0.444 e. The summed E-state index contributed by atoms with van der Waals surface area (Å²) in [6.07, 6.45) is -1.49. The van der Waals surface area contributed by atoms with Gasteiger partial charge in [0.15, 0.2) is 23.3 Å². The Morgan fingerprint density at radius 1 is 0.923 bits per heavy atom. The Hall–Kier alpha value is -2.69. The third-order valence-electron chi connectivity index (χ3n) is 3.09. The molecule has 0 unspecified atom stereocenters. The topological polar surface area (TPSA) is 63.7 Å². The van der Waals surface area contributed by atoms with Crippen molar-refractivity contribution in [1.82, 2.24) is 0 Å². The third kappa shape index (κ3) is 3.77. The van der Waals surface area contributed by atoms with Crippen LogP contribution in [-0.2, 0) is 21.4 Å². The van der Waals surface area contributed by atoms with E-state index in [4.69, 9.17) is 0 Å². The maximum absolute atomic E-state index is 13.9. The van der Waals surface area contributed by atoms with Gasteiger partial charge in [-0.1, -0.05) is 30.3 Å². The number of hydrogen-bond acceptors (Lipinski definition) is 4. The molecule has 0 aromatic heterocycles. The van der Waals surface area contributed by atoms with Crippen LogP contribution < -0.4 is 4.31 Å². The second kappa shape index (κ2) is 7.28. The van der Waals surface area contributed by atoms with Gasteiger partial charge in [-0.3, -0.25) is 0 Å². The van der Waals surface area contributed by atoms with Crippen LogP contribution in [0.15, 0.2) is 30.3 Å². The smallest absolute Gasteiger partial charge is 0.428 e. The van der Waals surface area contributed by atoms with Gasteiger partial charge < -0.3 is 4.74 Å². The van der Waals surface area contributed by atoms with Gasteiger partial charge in [-0.25, -0.2) is 35.2 Å². The standard InChI is InChI=1S/C15H10F5NO4S/c1-26(23,24)21(15(22)25-7-8-5-3-2-4-6-8)14-12(19)10(17)9(16)11(18)13(14)20/h2-6H,7H2,1H3. The van der Waals surface area contributed by atoms with E-state index in [0.29, 0.717) is 11.8 Å². The average molecular weight is 395 g/mol. The fourth-order valence-corrected chi connectivity index (χ4v) is 2.76. The van der Waals surface area contributed by atoms with Crippen molar-refractivity contribution in [3.05, 3.63) is 65.0 Å². The summed E-state index contributed by atoms with van der Waals surface area (Å²) in [5, 5.41) is 0. The first-order chi connectivity index (χ1) is 12.1. The lowest BCUT2D eigenvalue weighted by molar-refractivity contribution is 0.151. The number of carbonyl (C=O) groups excluding carboxylic acids is 1. The molecule has 1 amide bonds. The molecule has 11 heteroatoms. The predicted molar refractivity (Wildman–Crippen MR) is 80.2 cm³/mol. The molecule has 0 aliphatic carbocycles. The van der Waals surface area contributed by atoms with E-state index in [1.807, 2.05) is 0 Å². The molecule has 0 bridgehead atoms. The van der Waals surface area contributed by atoms with Crippen LogP contribution in [-0.4, -0.2) is 20.8 Å². The SMILES string of the molecule is CS(=O)(=O)N(C(=O)OCc1ccccc1)c1c(F)c(F)c(F)c(F)c1F. The summed E-state index contributed by atoms with van der Waals surface area (Å²) < 4.78 is 95.0. The minimum atomic E-state index is -4.79. The summed E-state index contributed by atoms with van der Waals surface area (Å²) in [4.78, 5) is 12.0. The van der Waals surface area contributed by atoms with Gasteiger partial charge in [0.25, 0.3) is 0 Å². The van der Waals surface area contributed by atoms with Gasteiger partial charge in [-0.05, 0) is 5.56 Å². The molecule has 0 spiro atoms. The molecule has 0 heterocycles. The molecule has 0 fully saturated rings. The molecule has 0 saturated heterocycles. The van der Waals surface area contributed by atoms with Gasteiger partial charge >= 0.3 is 6.09 Å². The summed E-state index contributed by atoms with van der Waals surface area (Å²) in [5.74, 6) is -12.3. The number of halogens is 5. The number of sulfonamides is 1. The van der Waals surface area contributed by atoms with E-state index in [0.717, 1.165) is 0 Å². The largest absolute Gasteiger partial charge is 0.444 e. The molecule has 140 valence electrons. The van der Waals surface area contributed by atoms with Gasteiger partial charge in [0.1, 0.15) is 12.3 Å². The molecule has 0 aliphatic heterocycles. The number of rotatable bonds is 4. The molecular formula is C15H10F5NO4S. The maximum Gasteiger partial charge on any atom is 0.428 e. The highest BCUT2D eigenvalue weighted by atomic mass is 32.2. The first kappa shape index (κ1) is 19.6. The Kier molecular flexibility index (Phi) is 5.50. The van der Waals surface area contributed by atoms with E-state index in [1.54, 1.807) is 18.2 Å². The van der Waals surface area contributed by atoms with Crippen LogP contribution in [0.1, 0.15) is 5.56 Å². The van der Waals surface area contributed by atoms with Crippen molar-refractivity contribution in [1.29, 1.82) is 0 Å². The monoisotopic (exact) mass is 395 g/mol. The lowest BCUT2D eigenvalue weighted by Crippen LogP contribution is -2.38. The van der Waals surface area contributed by atoms with Crippen LogP contribution in [0.3, 0.4) is 0 Å². The van der Waals surface area contributed by atoms with E-state index < -0.39 is 61.8 Å². The van der Waals surface area contributed by atoms with Crippen molar-refractivity contribution in [2.45, 2.75) is 6.61 Å². The zero-order valence-corrected chi connectivity index (χ0v) is 13.8. The summed E-state index contributed by atoms with van der Waals surface area (Å²) in [5.41, 5.74) is -1.55. The minimum absolute atomic E-state index is 0.342. The first-order valence-corrected chi connectivity index (χ1v) is 8.63. The van der Waals surface area contributed by atoms with Crippen molar-refractivity contribution in [3.8, 4) is 0 Å². The number of amides is 1. The van der Waals surface area contributed by atoms with E-state index in [1.165, 1.54) is 12.1 Å². The number of carbonyl (C=O) groups is 1. The summed E-state index contributed by atoms with van der Waals surface area (Å²) >= 11 is 0. The molecule has 26 heavy (non-hydrogen) atoms. The quantitative estimate of drug-likeness (QED) is 0.452. The second-order valence-corrected chi connectivity index (χ2v) is 6.82. The van der Waals surface area contributed by atoms with Gasteiger partial charge in [0.05, 0.1) is 6.26 Å². The zero-order chi connectivity index (χ0) is 19.6. The lowest BCUT2D eigenvalue weighted by atomic mass is 10.2.